The summed E-state index contributed by atoms with van der Waals surface area (Å²) in [6.45, 7) is 4.04. The monoisotopic (exact) mass is 190 g/mol. The number of rotatable bonds is 4. The van der Waals surface area contributed by atoms with Crippen LogP contribution in [0.2, 0.25) is 0 Å². The van der Waals surface area contributed by atoms with E-state index in [0.717, 1.165) is 0 Å². The number of carboxylic acid groups (broad SMARTS) is 1. The van der Waals surface area contributed by atoms with Gasteiger partial charge < -0.3 is 19.3 Å². The third kappa shape index (κ3) is 3.71. The van der Waals surface area contributed by atoms with Crippen LogP contribution in [0.5, 0.6) is 0 Å². The fourth-order valence-corrected chi connectivity index (χ4v) is 1.12. The number of hydrogen-bond donors (Lipinski definition) is 1. The van der Waals surface area contributed by atoms with Crippen molar-refractivity contribution in [3.05, 3.63) is 0 Å². The molecule has 76 valence electrons. The number of aliphatic carboxylic acids is 1. The molecular weight excluding hydrogens is 176 g/mol. The molecule has 1 N–H and O–H groups in total. The van der Waals surface area contributed by atoms with Crippen LogP contribution in [0.1, 0.15) is 13.8 Å². The van der Waals surface area contributed by atoms with Crippen molar-refractivity contribution in [2.24, 2.45) is 0 Å². The smallest absolute Gasteiger partial charge is 0.329 e. The normalized spacial score (nSPS) is 26.2. The molecule has 1 rings (SSSR count). The first-order chi connectivity index (χ1) is 5.99. The average molecular weight is 190 g/mol. The summed E-state index contributed by atoms with van der Waals surface area (Å²) < 4.78 is 15.5. The highest BCUT2D eigenvalue weighted by molar-refractivity contribution is 5.67. The molecule has 5 heteroatoms. The summed E-state index contributed by atoms with van der Waals surface area (Å²) in [4.78, 5) is 10.1. The highest BCUT2D eigenvalue weighted by Gasteiger charge is 2.32. The van der Waals surface area contributed by atoms with Crippen molar-refractivity contribution in [3.8, 4) is 0 Å². The van der Waals surface area contributed by atoms with Crippen LogP contribution in [-0.2, 0) is 19.0 Å². The molecule has 1 aliphatic rings. The maximum absolute atomic E-state index is 10.1. The lowest BCUT2D eigenvalue weighted by molar-refractivity contribution is -0.151. The van der Waals surface area contributed by atoms with Crippen molar-refractivity contribution in [1.82, 2.24) is 0 Å². The van der Waals surface area contributed by atoms with E-state index in [9.17, 15) is 4.79 Å². The van der Waals surface area contributed by atoms with Gasteiger partial charge in [0.1, 0.15) is 12.7 Å². The van der Waals surface area contributed by atoms with Crippen LogP contribution < -0.4 is 0 Å². The first-order valence-corrected chi connectivity index (χ1v) is 4.11. The lowest BCUT2D eigenvalue weighted by Gasteiger charge is -2.16. The van der Waals surface area contributed by atoms with Crippen molar-refractivity contribution >= 4 is 5.97 Å². The van der Waals surface area contributed by atoms with Crippen LogP contribution in [0.4, 0.5) is 0 Å². The number of hydrogen-bond acceptors (Lipinski definition) is 4. The van der Waals surface area contributed by atoms with Gasteiger partial charge in [-0.05, 0) is 13.8 Å². The van der Waals surface area contributed by atoms with Gasteiger partial charge in [0, 0.05) is 0 Å². The summed E-state index contributed by atoms with van der Waals surface area (Å²) in [7, 11) is 0. The van der Waals surface area contributed by atoms with E-state index in [2.05, 4.69) is 0 Å². The van der Waals surface area contributed by atoms with Crippen molar-refractivity contribution < 1.29 is 24.1 Å². The SMILES string of the molecule is CC1(C)OC[C@H](COCC(=O)O)O1. The van der Waals surface area contributed by atoms with E-state index in [4.69, 9.17) is 19.3 Å². The molecule has 0 radical (unpaired) electrons. The van der Waals surface area contributed by atoms with Crippen LogP contribution >= 0.6 is 0 Å². The quantitative estimate of drug-likeness (QED) is 0.687. The Morgan fingerprint density at radius 3 is 2.85 bits per heavy atom. The molecule has 0 spiro atoms. The van der Waals surface area contributed by atoms with E-state index in [1.165, 1.54) is 0 Å². The Balaban J connectivity index is 2.14. The van der Waals surface area contributed by atoms with Gasteiger partial charge in [0.2, 0.25) is 0 Å². The fraction of sp³-hybridized carbons (Fsp3) is 0.875. The molecule has 0 aromatic carbocycles. The van der Waals surface area contributed by atoms with Gasteiger partial charge in [-0.2, -0.15) is 0 Å². The summed E-state index contributed by atoms with van der Waals surface area (Å²) in [6.07, 6.45) is -0.158. The molecule has 0 aromatic rings. The van der Waals surface area contributed by atoms with Crippen molar-refractivity contribution in [3.63, 3.8) is 0 Å². The van der Waals surface area contributed by atoms with Crippen LogP contribution in [0.3, 0.4) is 0 Å². The molecule has 1 atom stereocenters. The van der Waals surface area contributed by atoms with Gasteiger partial charge in [-0.25, -0.2) is 4.79 Å². The van der Waals surface area contributed by atoms with Gasteiger partial charge in [0.05, 0.1) is 13.2 Å². The molecular formula is C8H14O5. The molecule has 0 aromatic heterocycles. The summed E-state index contributed by atoms with van der Waals surface area (Å²) in [6, 6.07) is 0. The fourth-order valence-electron chi connectivity index (χ4n) is 1.12. The predicted octanol–water partition coefficient (Wildman–Crippen LogP) is 0.239. The molecule has 1 saturated heterocycles. The Hall–Kier alpha value is -0.650. The first kappa shape index (κ1) is 10.4. The molecule has 0 bridgehead atoms. The zero-order valence-corrected chi connectivity index (χ0v) is 7.78. The molecule has 0 unspecified atom stereocenters. The Kier molecular flexibility index (Phi) is 3.24. The van der Waals surface area contributed by atoms with Crippen molar-refractivity contribution in [2.45, 2.75) is 25.7 Å². The van der Waals surface area contributed by atoms with E-state index in [0.29, 0.717) is 6.61 Å². The maximum Gasteiger partial charge on any atom is 0.329 e. The summed E-state index contributed by atoms with van der Waals surface area (Å²) in [5.74, 6) is -1.55. The van der Waals surface area contributed by atoms with Gasteiger partial charge in [-0.1, -0.05) is 0 Å². The van der Waals surface area contributed by atoms with Crippen molar-refractivity contribution in [2.75, 3.05) is 19.8 Å². The third-order valence-electron chi connectivity index (χ3n) is 1.60. The van der Waals surface area contributed by atoms with Gasteiger partial charge in [-0.3, -0.25) is 0 Å². The number of ether oxygens (including phenoxy) is 3. The van der Waals surface area contributed by atoms with Gasteiger partial charge in [0.25, 0.3) is 0 Å². The van der Waals surface area contributed by atoms with Crippen LogP contribution in [0.15, 0.2) is 0 Å². The molecule has 1 heterocycles. The van der Waals surface area contributed by atoms with Gasteiger partial charge >= 0.3 is 5.97 Å². The van der Waals surface area contributed by atoms with E-state index < -0.39 is 11.8 Å². The second-order valence-electron chi connectivity index (χ2n) is 3.36. The minimum Gasteiger partial charge on any atom is -0.480 e. The topological polar surface area (TPSA) is 65.0 Å². The standard InChI is InChI=1S/C8H14O5/c1-8(2)12-4-6(13-8)3-11-5-7(9)10/h6H,3-5H2,1-2H3,(H,9,10)/t6-/m0/s1. The van der Waals surface area contributed by atoms with Crippen LogP contribution in [-0.4, -0.2) is 42.8 Å². The summed E-state index contributed by atoms with van der Waals surface area (Å²) >= 11 is 0. The highest BCUT2D eigenvalue weighted by atomic mass is 16.7. The second kappa shape index (κ2) is 4.04. The zero-order chi connectivity index (χ0) is 9.90. The Labute approximate surface area is 76.6 Å². The average Bonchev–Trinajstić information content (AvgIpc) is 2.29. The second-order valence-corrected chi connectivity index (χ2v) is 3.36. The molecule has 0 saturated carbocycles. The van der Waals surface area contributed by atoms with Crippen LogP contribution in [0, 0.1) is 0 Å². The summed E-state index contributed by atoms with van der Waals surface area (Å²) in [5, 5.41) is 8.29. The Morgan fingerprint density at radius 2 is 2.38 bits per heavy atom. The Morgan fingerprint density at radius 1 is 1.69 bits per heavy atom. The highest BCUT2D eigenvalue weighted by Crippen LogP contribution is 2.22. The van der Waals surface area contributed by atoms with E-state index in [1.807, 2.05) is 13.8 Å². The first-order valence-electron chi connectivity index (χ1n) is 4.11. The maximum atomic E-state index is 10.1. The molecule has 0 aliphatic carbocycles. The van der Waals surface area contributed by atoms with Crippen molar-refractivity contribution in [1.29, 1.82) is 0 Å². The predicted molar refractivity (Wildman–Crippen MR) is 43.4 cm³/mol. The molecule has 5 nitrogen and oxygen atoms in total. The minimum atomic E-state index is -0.974. The van der Waals surface area contributed by atoms with Gasteiger partial charge in [-0.15, -0.1) is 0 Å². The zero-order valence-electron chi connectivity index (χ0n) is 7.78. The molecule has 0 amide bonds. The number of carbonyl (C=O) groups is 1. The van der Waals surface area contributed by atoms with Gasteiger partial charge in [0.15, 0.2) is 5.79 Å². The van der Waals surface area contributed by atoms with E-state index >= 15 is 0 Å². The lowest BCUT2D eigenvalue weighted by atomic mass is 10.4. The molecule has 1 aliphatic heterocycles. The molecule has 1 fully saturated rings. The summed E-state index contributed by atoms with van der Waals surface area (Å²) in [5.41, 5.74) is 0. The lowest BCUT2D eigenvalue weighted by Crippen LogP contribution is -2.25. The third-order valence-corrected chi connectivity index (χ3v) is 1.60. The molecule has 13 heavy (non-hydrogen) atoms. The largest absolute Gasteiger partial charge is 0.480 e. The Bertz CT molecular complexity index is 189. The van der Waals surface area contributed by atoms with E-state index in [1.54, 1.807) is 0 Å². The van der Waals surface area contributed by atoms with E-state index in [-0.39, 0.29) is 19.3 Å². The minimum absolute atomic E-state index is 0.158. The van der Waals surface area contributed by atoms with Crippen LogP contribution in [0.25, 0.3) is 0 Å². The number of carboxylic acids is 1.